The SMILES string of the molecule is CCCCCCCCOCC(NCCC)(C(N)=O)C1CC1. The first-order chi connectivity index (χ1) is 10.2. The molecule has 1 atom stereocenters. The van der Waals surface area contributed by atoms with Gasteiger partial charge in [-0.2, -0.15) is 0 Å². The summed E-state index contributed by atoms with van der Waals surface area (Å²) in [5, 5.41) is 3.36. The molecular weight excluding hydrogens is 264 g/mol. The predicted octanol–water partition coefficient (Wildman–Crippen LogP) is 3.00. The number of unbranched alkanes of at least 4 members (excludes halogenated alkanes) is 5. The Kier molecular flexibility index (Phi) is 8.93. The molecule has 1 aliphatic rings. The van der Waals surface area contributed by atoms with E-state index in [4.69, 9.17) is 10.5 Å². The third-order valence-electron chi connectivity index (χ3n) is 4.38. The van der Waals surface area contributed by atoms with Crippen LogP contribution < -0.4 is 11.1 Å². The summed E-state index contributed by atoms with van der Waals surface area (Å²) >= 11 is 0. The summed E-state index contributed by atoms with van der Waals surface area (Å²) in [6.45, 7) is 6.32. The average Bonchev–Trinajstić information content (AvgIpc) is 3.30. The molecule has 0 radical (unpaired) electrons. The molecule has 0 heterocycles. The molecular formula is C17H34N2O2. The van der Waals surface area contributed by atoms with Crippen molar-refractivity contribution >= 4 is 5.91 Å². The second-order valence-electron chi connectivity index (χ2n) is 6.36. The first-order valence-electron chi connectivity index (χ1n) is 8.80. The fraction of sp³-hybridized carbons (Fsp3) is 0.941. The number of carbonyl (C=O) groups is 1. The van der Waals surface area contributed by atoms with E-state index < -0.39 is 5.54 Å². The molecule has 4 nitrogen and oxygen atoms in total. The highest BCUT2D eigenvalue weighted by molar-refractivity contribution is 5.85. The van der Waals surface area contributed by atoms with Crippen molar-refractivity contribution in [2.45, 2.75) is 77.2 Å². The Labute approximate surface area is 130 Å². The molecule has 0 bridgehead atoms. The fourth-order valence-electron chi connectivity index (χ4n) is 2.81. The van der Waals surface area contributed by atoms with Gasteiger partial charge in [0.1, 0.15) is 5.54 Å². The summed E-state index contributed by atoms with van der Waals surface area (Å²) in [5.41, 5.74) is 5.04. The highest BCUT2D eigenvalue weighted by Crippen LogP contribution is 2.40. The Bertz CT molecular complexity index is 293. The van der Waals surface area contributed by atoms with Crippen LogP contribution in [0.4, 0.5) is 0 Å². The topological polar surface area (TPSA) is 64.3 Å². The second-order valence-corrected chi connectivity index (χ2v) is 6.36. The van der Waals surface area contributed by atoms with Crippen molar-refractivity contribution in [1.82, 2.24) is 5.32 Å². The molecule has 1 unspecified atom stereocenters. The van der Waals surface area contributed by atoms with Gasteiger partial charge in [0.15, 0.2) is 0 Å². The molecule has 1 aliphatic carbocycles. The molecule has 0 aromatic heterocycles. The Balaban J connectivity index is 2.25. The molecule has 1 amide bonds. The number of nitrogens with two attached hydrogens (primary N) is 1. The van der Waals surface area contributed by atoms with E-state index in [1.54, 1.807) is 0 Å². The Morgan fingerprint density at radius 3 is 2.38 bits per heavy atom. The molecule has 124 valence electrons. The quantitative estimate of drug-likeness (QED) is 0.485. The van der Waals surface area contributed by atoms with Crippen molar-refractivity contribution in [3.8, 4) is 0 Å². The lowest BCUT2D eigenvalue weighted by molar-refractivity contribution is -0.128. The number of hydrogen-bond donors (Lipinski definition) is 2. The van der Waals surface area contributed by atoms with Crippen molar-refractivity contribution in [2.24, 2.45) is 11.7 Å². The minimum atomic E-state index is -0.627. The van der Waals surface area contributed by atoms with Crippen LogP contribution in [0.1, 0.15) is 71.6 Å². The number of nitrogens with one attached hydrogen (secondary N) is 1. The van der Waals surface area contributed by atoms with Gasteiger partial charge in [0.25, 0.3) is 0 Å². The summed E-state index contributed by atoms with van der Waals surface area (Å²) in [5.74, 6) is 0.118. The number of ether oxygens (including phenoxy) is 1. The van der Waals surface area contributed by atoms with Gasteiger partial charge in [0.2, 0.25) is 5.91 Å². The van der Waals surface area contributed by atoms with Gasteiger partial charge in [-0.15, -0.1) is 0 Å². The zero-order chi connectivity index (χ0) is 15.6. The van der Waals surface area contributed by atoms with Gasteiger partial charge >= 0.3 is 0 Å². The summed E-state index contributed by atoms with van der Waals surface area (Å²) < 4.78 is 5.80. The predicted molar refractivity (Wildman–Crippen MR) is 87.1 cm³/mol. The molecule has 3 N–H and O–H groups in total. The lowest BCUT2D eigenvalue weighted by Gasteiger charge is -2.31. The van der Waals surface area contributed by atoms with Crippen LogP contribution in [0, 0.1) is 5.92 Å². The van der Waals surface area contributed by atoms with Crippen LogP contribution in [-0.4, -0.2) is 31.2 Å². The maximum Gasteiger partial charge on any atom is 0.240 e. The third-order valence-corrected chi connectivity index (χ3v) is 4.38. The summed E-state index contributed by atoms with van der Waals surface area (Å²) in [7, 11) is 0. The summed E-state index contributed by atoms with van der Waals surface area (Å²) in [6, 6.07) is 0. The van der Waals surface area contributed by atoms with Gasteiger partial charge in [0, 0.05) is 6.61 Å². The zero-order valence-electron chi connectivity index (χ0n) is 14.0. The molecule has 0 aromatic carbocycles. The van der Waals surface area contributed by atoms with E-state index in [2.05, 4.69) is 19.2 Å². The van der Waals surface area contributed by atoms with Gasteiger partial charge in [-0.3, -0.25) is 4.79 Å². The van der Waals surface area contributed by atoms with Gasteiger partial charge in [-0.25, -0.2) is 0 Å². The number of hydrogen-bond acceptors (Lipinski definition) is 3. The standard InChI is InChI=1S/C17H34N2O2/c1-3-5-6-7-8-9-13-21-14-17(16(18)20,15-10-11-15)19-12-4-2/h15,19H,3-14H2,1-2H3,(H2,18,20). The first kappa shape index (κ1) is 18.4. The van der Waals surface area contributed by atoms with Crippen LogP contribution in [-0.2, 0) is 9.53 Å². The van der Waals surface area contributed by atoms with Gasteiger partial charge in [-0.1, -0.05) is 46.0 Å². The van der Waals surface area contributed by atoms with Gasteiger partial charge < -0.3 is 15.8 Å². The van der Waals surface area contributed by atoms with Crippen LogP contribution in [0.2, 0.25) is 0 Å². The monoisotopic (exact) mass is 298 g/mol. The van der Waals surface area contributed by atoms with Crippen molar-refractivity contribution in [2.75, 3.05) is 19.8 Å². The van der Waals surface area contributed by atoms with Gasteiger partial charge in [0.05, 0.1) is 6.61 Å². The van der Waals surface area contributed by atoms with Crippen LogP contribution in [0.25, 0.3) is 0 Å². The van der Waals surface area contributed by atoms with E-state index in [1.165, 1.54) is 32.1 Å². The summed E-state index contributed by atoms with van der Waals surface area (Å²) in [4.78, 5) is 11.9. The van der Waals surface area contributed by atoms with Crippen molar-refractivity contribution in [3.05, 3.63) is 0 Å². The largest absolute Gasteiger partial charge is 0.379 e. The van der Waals surface area contributed by atoms with Crippen LogP contribution >= 0.6 is 0 Å². The number of primary amides is 1. The fourth-order valence-corrected chi connectivity index (χ4v) is 2.81. The van der Waals surface area contributed by atoms with Crippen molar-refractivity contribution < 1.29 is 9.53 Å². The molecule has 4 heteroatoms. The minimum absolute atomic E-state index is 0.249. The third kappa shape index (κ3) is 6.35. The first-order valence-corrected chi connectivity index (χ1v) is 8.80. The molecule has 0 saturated heterocycles. The Hall–Kier alpha value is -0.610. The highest BCUT2D eigenvalue weighted by atomic mass is 16.5. The molecule has 0 spiro atoms. The Morgan fingerprint density at radius 2 is 1.81 bits per heavy atom. The molecule has 0 aliphatic heterocycles. The van der Waals surface area contributed by atoms with E-state index in [-0.39, 0.29) is 5.91 Å². The van der Waals surface area contributed by atoms with Crippen molar-refractivity contribution in [3.63, 3.8) is 0 Å². The number of carbonyl (C=O) groups excluding carboxylic acids is 1. The lowest BCUT2D eigenvalue weighted by atomic mass is 9.93. The summed E-state index contributed by atoms with van der Waals surface area (Å²) in [6.07, 6.45) is 10.7. The van der Waals surface area contributed by atoms with E-state index >= 15 is 0 Å². The molecule has 21 heavy (non-hydrogen) atoms. The van der Waals surface area contributed by atoms with E-state index in [0.717, 1.165) is 38.8 Å². The van der Waals surface area contributed by atoms with Crippen LogP contribution in [0.3, 0.4) is 0 Å². The zero-order valence-corrected chi connectivity index (χ0v) is 14.0. The number of amides is 1. The van der Waals surface area contributed by atoms with Crippen LogP contribution in [0.5, 0.6) is 0 Å². The van der Waals surface area contributed by atoms with Crippen LogP contribution in [0.15, 0.2) is 0 Å². The van der Waals surface area contributed by atoms with E-state index in [1.807, 2.05) is 0 Å². The van der Waals surface area contributed by atoms with E-state index in [0.29, 0.717) is 12.5 Å². The Morgan fingerprint density at radius 1 is 1.14 bits per heavy atom. The maximum atomic E-state index is 11.9. The van der Waals surface area contributed by atoms with Gasteiger partial charge in [-0.05, 0) is 38.1 Å². The molecule has 0 aromatic rings. The highest BCUT2D eigenvalue weighted by Gasteiger charge is 2.49. The lowest BCUT2D eigenvalue weighted by Crippen LogP contribution is -2.60. The smallest absolute Gasteiger partial charge is 0.240 e. The molecule has 1 fully saturated rings. The molecule has 1 saturated carbocycles. The van der Waals surface area contributed by atoms with Crippen molar-refractivity contribution in [1.29, 1.82) is 0 Å². The minimum Gasteiger partial charge on any atom is -0.379 e. The molecule has 1 rings (SSSR count). The maximum absolute atomic E-state index is 11.9. The second kappa shape index (κ2) is 10.2. The number of rotatable bonds is 14. The normalized spacial score (nSPS) is 17.6. The average molecular weight is 298 g/mol. The van der Waals surface area contributed by atoms with E-state index in [9.17, 15) is 4.79 Å².